The highest BCUT2D eigenvalue weighted by atomic mass is 35.5. The maximum Gasteiger partial charge on any atom is 0.258 e. The number of rotatable bonds is 6. The number of thiophene rings is 1. The van der Waals surface area contributed by atoms with Gasteiger partial charge in [0.1, 0.15) is 17.9 Å². The maximum absolute atomic E-state index is 12.3. The Hall–Kier alpha value is -2.58. The molecule has 0 atom stereocenters. The van der Waals surface area contributed by atoms with E-state index >= 15 is 0 Å². The Labute approximate surface area is 158 Å². The summed E-state index contributed by atoms with van der Waals surface area (Å²) in [5.41, 5.74) is 1.48. The first-order chi connectivity index (χ1) is 12.5. The van der Waals surface area contributed by atoms with Crippen LogP contribution in [0.1, 0.15) is 11.5 Å². The van der Waals surface area contributed by atoms with E-state index < -0.39 is 0 Å². The zero-order chi connectivity index (χ0) is 18.7. The van der Waals surface area contributed by atoms with Crippen molar-refractivity contribution in [3.05, 3.63) is 40.1 Å². The fraction of sp³-hybridized carbons (Fsp3) is 0.235. The average molecular weight is 394 g/mol. The van der Waals surface area contributed by atoms with E-state index in [1.807, 2.05) is 18.4 Å². The molecule has 0 fully saturated rings. The number of nitrogens with zero attached hydrogens (tertiary/aromatic N) is 2. The van der Waals surface area contributed by atoms with Gasteiger partial charge in [0.2, 0.25) is 11.8 Å². The molecule has 9 heteroatoms. The third-order valence-electron chi connectivity index (χ3n) is 3.58. The third kappa shape index (κ3) is 3.81. The highest BCUT2D eigenvalue weighted by molar-refractivity contribution is 7.13. The average Bonchev–Trinajstić information content (AvgIpc) is 3.23. The predicted octanol–water partition coefficient (Wildman–Crippen LogP) is 3.96. The van der Waals surface area contributed by atoms with Gasteiger partial charge >= 0.3 is 0 Å². The second-order valence-electron chi connectivity index (χ2n) is 5.35. The molecule has 0 saturated carbocycles. The van der Waals surface area contributed by atoms with Crippen LogP contribution >= 0.6 is 22.9 Å². The van der Waals surface area contributed by atoms with Crippen LogP contribution in [0.15, 0.2) is 28.0 Å². The summed E-state index contributed by atoms with van der Waals surface area (Å²) in [6, 6.07) is 5.13. The zero-order valence-electron chi connectivity index (χ0n) is 14.3. The van der Waals surface area contributed by atoms with E-state index in [1.54, 1.807) is 12.1 Å². The number of carbonyl (C=O) groups excluding carboxylic acids is 1. The number of carbonyl (C=O) groups is 1. The molecule has 0 radical (unpaired) electrons. The number of nitrogens with one attached hydrogen (secondary N) is 1. The third-order valence-corrected chi connectivity index (χ3v) is 4.88. The minimum atomic E-state index is -0.331. The number of aryl methyl sites for hydroxylation is 1. The van der Waals surface area contributed by atoms with Crippen molar-refractivity contribution in [3.8, 4) is 22.3 Å². The summed E-state index contributed by atoms with van der Waals surface area (Å²) in [7, 11) is 2.99. The second kappa shape index (κ2) is 7.76. The van der Waals surface area contributed by atoms with Gasteiger partial charge in [-0.3, -0.25) is 4.79 Å². The van der Waals surface area contributed by atoms with Gasteiger partial charge in [0.05, 0.1) is 29.8 Å². The van der Waals surface area contributed by atoms with Crippen molar-refractivity contribution in [2.45, 2.75) is 13.3 Å². The van der Waals surface area contributed by atoms with Gasteiger partial charge in [0.15, 0.2) is 0 Å². The molecule has 0 aliphatic rings. The number of halogens is 1. The number of ether oxygens (including phenoxy) is 2. The predicted molar refractivity (Wildman–Crippen MR) is 99.2 cm³/mol. The van der Waals surface area contributed by atoms with Crippen LogP contribution < -0.4 is 14.8 Å². The lowest BCUT2D eigenvalue weighted by Crippen LogP contribution is -2.15. The van der Waals surface area contributed by atoms with Crippen LogP contribution in [0.3, 0.4) is 0 Å². The molecule has 26 heavy (non-hydrogen) atoms. The minimum Gasteiger partial charge on any atom is -0.495 e. The van der Waals surface area contributed by atoms with Crippen LogP contribution in [0.5, 0.6) is 11.5 Å². The molecule has 3 rings (SSSR count). The summed E-state index contributed by atoms with van der Waals surface area (Å²) < 4.78 is 16.0. The summed E-state index contributed by atoms with van der Waals surface area (Å²) in [6.07, 6.45) is -0.0653. The molecule has 2 heterocycles. The van der Waals surface area contributed by atoms with E-state index in [0.29, 0.717) is 28.1 Å². The van der Waals surface area contributed by atoms with Crippen molar-refractivity contribution in [3.63, 3.8) is 0 Å². The van der Waals surface area contributed by atoms with E-state index in [9.17, 15) is 4.79 Å². The van der Waals surface area contributed by atoms with Gasteiger partial charge in [-0.2, -0.15) is 0 Å². The van der Waals surface area contributed by atoms with E-state index in [0.717, 1.165) is 10.4 Å². The van der Waals surface area contributed by atoms with Crippen molar-refractivity contribution in [2.75, 3.05) is 19.5 Å². The first-order valence-electron chi connectivity index (χ1n) is 7.60. The van der Waals surface area contributed by atoms with Gasteiger partial charge in [-0.05, 0) is 30.0 Å². The highest BCUT2D eigenvalue weighted by Crippen LogP contribution is 2.36. The number of hydrogen-bond acceptors (Lipinski definition) is 7. The normalized spacial score (nSPS) is 10.6. The number of hydrogen-bond donors (Lipinski definition) is 1. The molecule has 1 aromatic carbocycles. The SMILES string of the molecule is COc1cc(OC)c(NC(=O)Cc2nnc(-c3sccc3C)o2)cc1Cl. The van der Waals surface area contributed by atoms with Gasteiger partial charge < -0.3 is 19.2 Å². The number of methoxy groups -OCH3 is 2. The van der Waals surface area contributed by atoms with Crippen LogP contribution in [0.25, 0.3) is 10.8 Å². The van der Waals surface area contributed by atoms with Gasteiger partial charge in [-0.15, -0.1) is 21.5 Å². The number of amides is 1. The fourth-order valence-electron chi connectivity index (χ4n) is 2.30. The lowest BCUT2D eigenvalue weighted by molar-refractivity contribution is -0.115. The van der Waals surface area contributed by atoms with E-state index in [2.05, 4.69) is 15.5 Å². The van der Waals surface area contributed by atoms with Crippen molar-refractivity contribution < 1.29 is 18.7 Å². The van der Waals surface area contributed by atoms with E-state index in [4.69, 9.17) is 25.5 Å². The molecular formula is C17H16ClN3O4S. The Balaban J connectivity index is 1.73. The van der Waals surface area contributed by atoms with Crippen LogP contribution in [0, 0.1) is 6.92 Å². The summed E-state index contributed by atoms with van der Waals surface area (Å²) in [5.74, 6) is 1.19. The number of benzene rings is 1. The first kappa shape index (κ1) is 18.2. The van der Waals surface area contributed by atoms with Crippen molar-refractivity contribution in [2.24, 2.45) is 0 Å². The molecule has 136 valence electrons. The molecule has 1 N–H and O–H groups in total. The standard InChI is InChI=1S/C17H16ClN3O4S/c1-9-4-5-26-16(9)17-21-20-15(25-17)8-14(22)19-11-6-10(18)12(23-2)7-13(11)24-3/h4-7H,8H2,1-3H3,(H,19,22). The van der Waals surface area contributed by atoms with E-state index in [-0.39, 0.29) is 18.2 Å². The van der Waals surface area contributed by atoms with Crippen molar-refractivity contribution in [1.82, 2.24) is 10.2 Å². The Bertz CT molecular complexity index is 938. The quantitative estimate of drug-likeness (QED) is 0.682. The molecule has 0 aliphatic heterocycles. The number of anilines is 1. The highest BCUT2D eigenvalue weighted by Gasteiger charge is 2.17. The molecule has 7 nitrogen and oxygen atoms in total. The fourth-order valence-corrected chi connectivity index (χ4v) is 3.38. The van der Waals surface area contributed by atoms with Crippen molar-refractivity contribution >= 4 is 34.5 Å². The molecule has 2 aromatic heterocycles. The van der Waals surface area contributed by atoms with Crippen LogP contribution in [-0.2, 0) is 11.2 Å². The Morgan fingerprint density at radius 3 is 2.69 bits per heavy atom. The Kier molecular flexibility index (Phi) is 5.43. The Morgan fingerprint density at radius 1 is 1.27 bits per heavy atom. The zero-order valence-corrected chi connectivity index (χ0v) is 15.9. The summed E-state index contributed by atoms with van der Waals surface area (Å²) in [4.78, 5) is 13.2. The van der Waals surface area contributed by atoms with Crippen LogP contribution in [0.2, 0.25) is 5.02 Å². The van der Waals surface area contributed by atoms with Crippen LogP contribution in [-0.4, -0.2) is 30.3 Å². The molecule has 0 bridgehead atoms. The smallest absolute Gasteiger partial charge is 0.258 e. The van der Waals surface area contributed by atoms with Gasteiger partial charge in [-0.25, -0.2) is 0 Å². The number of aromatic nitrogens is 2. The van der Waals surface area contributed by atoms with Gasteiger partial charge in [0.25, 0.3) is 5.89 Å². The van der Waals surface area contributed by atoms with Gasteiger partial charge in [0, 0.05) is 6.07 Å². The summed E-state index contributed by atoms with van der Waals surface area (Å²) in [6.45, 7) is 1.96. The van der Waals surface area contributed by atoms with Gasteiger partial charge in [-0.1, -0.05) is 11.6 Å². The van der Waals surface area contributed by atoms with Crippen LogP contribution in [0.4, 0.5) is 5.69 Å². The Morgan fingerprint density at radius 2 is 2.04 bits per heavy atom. The lowest BCUT2D eigenvalue weighted by atomic mass is 10.2. The maximum atomic E-state index is 12.3. The first-order valence-corrected chi connectivity index (χ1v) is 8.85. The summed E-state index contributed by atoms with van der Waals surface area (Å²) in [5, 5.41) is 13.0. The monoisotopic (exact) mass is 393 g/mol. The molecular weight excluding hydrogens is 378 g/mol. The second-order valence-corrected chi connectivity index (χ2v) is 6.67. The summed E-state index contributed by atoms with van der Waals surface area (Å²) >= 11 is 7.61. The molecule has 3 aromatic rings. The molecule has 1 amide bonds. The molecule has 0 saturated heterocycles. The largest absolute Gasteiger partial charge is 0.495 e. The molecule has 0 unspecified atom stereocenters. The molecule has 0 aliphatic carbocycles. The van der Waals surface area contributed by atoms with E-state index in [1.165, 1.54) is 25.6 Å². The minimum absolute atomic E-state index is 0.0653. The molecule has 0 spiro atoms. The van der Waals surface area contributed by atoms with Crippen molar-refractivity contribution in [1.29, 1.82) is 0 Å². The lowest BCUT2D eigenvalue weighted by Gasteiger charge is -2.12. The topological polar surface area (TPSA) is 86.5 Å².